The van der Waals surface area contributed by atoms with Gasteiger partial charge in [-0.25, -0.2) is 21.6 Å². The molecular formula is C12H18N2O6S2. The second-order valence-electron chi connectivity index (χ2n) is 4.48. The first-order valence-corrected chi connectivity index (χ1v) is 9.39. The van der Waals surface area contributed by atoms with Gasteiger partial charge in [-0.05, 0) is 37.7 Å². The summed E-state index contributed by atoms with van der Waals surface area (Å²) in [5.41, 5.74) is 0. The van der Waals surface area contributed by atoms with Gasteiger partial charge >= 0.3 is 5.97 Å². The fourth-order valence-electron chi connectivity index (χ4n) is 1.69. The minimum absolute atomic E-state index is 0.0858. The van der Waals surface area contributed by atoms with Crippen molar-refractivity contribution >= 4 is 26.0 Å². The van der Waals surface area contributed by atoms with E-state index < -0.39 is 32.1 Å². The summed E-state index contributed by atoms with van der Waals surface area (Å²) in [6.45, 7) is 1.74. The molecule has 0 saturated heterocycles. The van der Waals surface area contributed by atoms with Crippen LogP contribution in [0.25, 0.3) is 0 Å². The molecule has 0 aliphatic carbocycles. The zero-order valence-corrected chi connectivity index (χ0v) is 13.7. The standard InChI is InChI=1S/C12H18N2O6S2/c1-3-4-11(12(15)16)14-22(19,20)10-7-5-9(6-8-10)21(17,18)13-2/h5-8,11,13-14H,3-4H2,1-2H3,(H,15,16). The number of nitrogens with one attached hydrogen (secondary N) is 2. The topological polar surface area (TPSA) is 130 Å². The third-order valence-electron chi connectivity index (χ3n) is 2.89. The van der Waals surface area contributed by atoms with E-state index in [2.05, 4.69) is 9.44 Å². The van der Waals surface area contributed by atoms with Crippen molar-refractivity contribution in [1.82, 2.24) is 9.44 Å². The van der Waals surface area contributed by atoms with Crippen LogP contribution in [0.15, 0.2) is 34.1 Å². The summed E-state index contributed by atoms with van der Waals surface area (Å²) in [6.07, 6.45) is 0.652. The molecule has 0 saturated carbocycles. The molecule has 0 bridgehead atoms. The molecule has 10 heteroatoms. The van der Waals surface area contributed by atoms with Crippen molar-refractivity contribution in [2.75, 3.05) is 7.05 Å². The first-order valence-electron chi connectivity index (χ1n) is 6.42. The largest absolute Gasteiger partial charge is 0.480 e. The van der Waals surface area contributed by atoms with Gasteiger partial charge in [-0.2, -0.15) is 4.72 Å². The molecule has 0 spiro atoms. The lowest BCUT2D eigenvalue weighted by molar-refractivity contribution is -0.139. The Labute approximate surface area is 129 Å². The zero-order valence-electron chi connectivity index (χ0n) is 12.1. The number of hydrogen-bond donors (Lipinski definition) is 3. The van der Waals surface area contributed by atoms with E-state index in [1.54, 1.807) is 6.92 Å². The van der Waals surface area contributed by atoms with Crippen LogP contribution in [0.5, 0.6) is 0 Å². The van der Waals surface area contributed by atoms with Crippen LogP contribution >= 0.6 is 0 Å². The van der Waals surface area contributed by atoms with E-state index in [1.807, 2.05) is 0 Å². The van der Waals surface area contributed by atoms with Crippen LogP contribution in [-0.2, 0) is 24.8 Å². The Balaban J connectivity index is 3.06. The minimum atomic E-state index is -4.04. The molecule has 3 N–H and O–H groups in total. The molecule has 1 aromatic rings. The van der Waals surface area contributed by atoms with Crippen molar-refractivity contribution in [2.45, 2.75) is 35.6 Å². The van der Waals surface area contributed by atoms with Crippen LogP contribution in [0.2, 0.25) is 0 Å². The van der Waals surface area contributed by atoms with Gasteiger partial charge in [0, 0.05) is 0 Å². The first kappa shape index (κ1) is 18.6. The second-order valence-corrected chi connectivity index (χ2v) is 8.08. The fourth-order valence-corrected chi connectivity index (χ4v) is 3.65. The first-order chi connectivity index (χ1) is 10.1. The van der Waals surface area contributed by atoms with Gasteiger partial charge in [0.1, 0.15) is 6.04 Å². The molecule has 0 aromatic heterocycles. The average molecular weight is 350 g/mol. The van der Waals surface area contributed by atoms with E-state index in [0.29, 0.717) is 6.42 Å². The monoisotopic (exact) mass is 350 g/mol. The summed E-state index contributed by atoms with van der Waals surface area (Å²) in [7, 11) is -6.47. The SMILES string of the molecule is CCCC(NS(=O)(=O)c1ccc(S(=O)(=O)NC)cc1)C(=O)O. The van der Waals surface area contributed by atoms with Crippen LogP contribution in [0.4, 0.5) is 0 Å². The van der Waals surface area contributed by atoms with Crippen LogP contribution in [0.1, 0.15) is 19.8 Å². The number of carbonyl (C=O) groups is 1. The molecule has 1 rings (SSSR count). The van der Waals surface area contributed by atoms with Gasteiger partial charge in [-0.15, -0.1) is 0 Å². The number of carboxylic acid groups (broad SMARTS) is 1. The molecule has 0 fully saturated rings. The smallest absolute Gasteiger partial charge is 0.321 e. The van der Waals surface area contributed by atoms with Crippen LogP contribution in [0, 0.1) is 0 Å². The highest BCUT2D eigenvalue weighted by atomic mass is 32.2. The highest BCUT2D eigenvalue weighted by molar-refractivity contribution is 7.90. The van der Waals surface area contributed by atoms with Gasteiger partial charge in [0.2, 0.25) is 20.0 Å². The van der Waals surface area contributed by atoms with E-state index in [0.717, 1.165) is 24.3 Å². The molecule has 8 nitrogen and oxygen atoms in total. The number of aliphatic carboxylic acids is 1. The molecular weight excluding hydrogens is 332 g/mol. The van der Waals surface area contributed by atoms with Crippen LogP contribution < -0.4 is 9.44 Å². The summed E-state index contributed by atoms with van der Waals surface area (Å²) in [4.78, 5) is 10.7. The Morgan fingerprint density at radius 2 is 1.55 bits per heavy atom. The third-order valence-corrected chi connectivity index (χ3v) is 5.80. The Morgan fingerprint density at radius 1 is 1.09 bits per heavy atom. The van der Waals surface area contributed by atoms with Crippen molar-refractivity contribution in [2.24, 2.45) is 0 Å². The minimum Gasteiger partial charge on any atom is -0.480 e. The molecule has 0 aliphatic rings. The van der Waals surface area contributed by atoms with Gasteiger partial charge in [0.25, 0.3) is 0 Å². The lowest BCUT2D eigenvalue weighted by Gasteiger charge is -2.14. The third kappa shape index (κ3) is 4.50. The fraction of sp³-hybridized carbons (Fsp3) is 0.417. The molecule has 1 atom stereocenters. The predicted molar refractivity (Wildman–Crippen MR) is 79.3 cm³/mol. The van der Waals surface area contributed by atoms with E-state index in [-0.39, 0.29) is 16.2 Å². The molecule has 0 aliphatic heterocycles. The molecule has 0 radical (unpaired) electrons. The van der Waals surface area contributed by atoms with Crippen molar-refractivity contribution in [1.29, 1.82) is 0 Å². The van der Waals surface area contributed by atoms with E-state index in [1.165, 1.54) is 7.05 Å². The highest BCUT2D eigenvalue weighted by Gasteiger charge is 2.25. The predicted octanol–water partition coefficient (Wildman–Crippen LogP) is 0.126. The summed E-state index contributed by atoms with van der Waals surface area (Å²) < 4.78 is 51.5. The van der Waals surface area contributed by atoms with Gasteiger partial charge in [-0.1, -0.05) is 13.3 Å². The highest BCUT2D eigenvalue weighted by Crippen LogP contribution is 2.15. The maximum atomic E-state index is 12.1. The van der Waals surface area contributed by atoms with Crippen molar-refractivity contribution in [3.63, 3.8) is 0 Å². The van der Waals surface area contributed by atoms with Crippen molar-refractivity contribution in [3.8, 4) is 0 Å². The molecule has 1 unspecified atom stereocenters. The Bertz CT molecular complexity index is 725. The van der Waals surface area contributed by atoms with Gasteiger partial charge < -0.3 is 5.11 Å². The number of hydrogen-bond acceptors (Lipinski definition) is 5. The van der Waals surface area contributed by atoms with Gasteiger partial charge in [-0.3, -0.25) is 4.79 Å². The summed E-state index contributed by atoms with van der Waals surface area (Å²) >= 11 is 0. The van der Waals surface area contributed by atoms with Crippen molar-refractivity contribution in [3.05, 3.63) is 24.3 Å². The average Bonchev–Trinajstić information content (AvgIpc) is 2.46. The lowest BCUT2D eigenvalue weighted by Crippen LogP contribution is -2.40. The molecule has 22 heavy (non-hydrogen) atoms. The lowest BCUT2D eigenvalue weighted by atomic mass is 10.2. The maximum Gasteiger partial charge on any atom is 0.321 e. The molecule has 0 amide bonds. The second kappa shape index (κ2) is 7.18. The van der Waals surface area contributed by atoms with E-state index in [9.17, 15) is 21.6 Å². The maximum absolute atomic E-state index is 12.1. The molecule has 1 aromatic carbocycles. The number of carboxylic acids is 1. The quantitative estimate of drug-likeness (QED) is 0.611. The summed E-state index contributed by atoms with van der Waals surface area (Å²) in [6, 6.07) is 3.26. The van der Waals surface area contributed by atoms with Gasteiger partial charge in [0.05, 0.1) is 9.79 Å². The number of sulfonamides is 2. The van der Waals surface area contributed by atoms with E-state index in [4.69, 9.17) is 5.11 Å². The summed E-state index contributed by atoms with van der Waals surface area (Å²) in [5, 5.41) is 8.98. The molecule has 0 heterocycles. The van der Waals surface area contributed by atoms with Gasteiger partial charge in [0.15, 0.2) is 0 Å². The normalized spacial score (nSPS) is 13.7. The van der Waals surface area contributed by atoms with Crippen LogP contribution in [-0.4, -0.2) is 41.0 Å². The summed E-state index contributed by atoms with van der Waals surface area (Å²) in [5.74, 6) is -1.26. The Morgan fingerprint density at radius 3 is 1.91 bits per heavy atom. The number of rotatable bonds is 8. The Hall–Kier alpha value is -1.49. The van der Waals surface area contributed by atoms with E-state index >= 15 is 0 Å². The number of benzene rings is 1. The molecule has 124 valence electrons. The zero-order chi connectivity index (χ0) is 17.0. The Kier molecular flexibility index (Phi) is 6.06. The van der Waals surface area contributed by atoms with Crippen LogP contribution in [0.3, 0.4) is 0 Å². The van der Waals surface area contributed by atoms with Crippen molar-refractivity contribution < 1.29 is 26.7 Å².